The molecule has 0 spiro atoms. The first-order valence-corrected chi connectivity index (χ1v) is 9.91. The van der Waals surface area contributed by atoms with E-state index in [1.165, 1.54) is 18.7 Å². The highest BCUT2D eigenvalue weighted by Crippen LogP contribution is 2.33. The van der Waals surface area contributed by atoms with Gasteiger partial charge in [-0.1, -0.05) is 20.8 Å². The molecule has 0 aliphatic carbocycles. The van der Waals surface area contributed by atoms with E-state index in [0.29, 0.717) is 23.6 Å². The molecule has 2 heterocycles. The quantitative estimate of drug-likeness (QED) is 0.661. The van der Waals surface area contributed by atoms with Crippen LogP contribution in [0.3, 0.4) is 0 Å². The SMILES string of the molecule is CCOc1ccc(NC(=O)c2c(N)nc3c(c2C(C)(C)C)c(=O)n(C)c(=O)n3C)cc1. The van der Waals surface area contributed by atoms with Crippen LogP contribution in [0.2, 0.25) is 0 Å². The average Bonchev–Trinajstić information content (AvgIpc) is 2.70. The number of aryl methyl sites for hydroxylation is 1. The molecule has 3 aromatic rings. The number of rotatable bonds is 4. The fourth-order valence-electron chi connectivity index (χ4n) is 3.58. The van der Waals surface area contributed by atoms with Gasteiger partial charge in [0.25, 0.3) is 11.5 Å². The molecule has 3 rings (SSSR count). The number of nitrogens with zero attached hydrogens (tertiary/aromatic N) is 3. The van der Waals surface area contributed by atoms with Crippen molar-refractivity contribution < 1.29 is 9.53 Å². The molecule has 0 aliphatic heterocycles. The molecule has 1 aromatic carbocycles. The zero-order chi connectivity index (χ0) is 23.1. The summed E-state index contributed by atoms with van der Waals surface area (Å²) in [6, 6.07) is 6.93. The number of nitrogens with one attached hydrogen (secondary N) is 1. The maximum Gasteiger partial charge on any atom is 0.332 e. The summed E-state index contributed by atoms with van der Waals surface area (Å²) in [5.41, 5.74) is 5.76. The van der Waals surface area contributed by atoms with Crippen molar-refractivity contribution in [3.05, 3.63) is 56.2 Å². The zero-order valence-electron chi connectivity index (χ0n) is 18.6. The monoisotopic (exact) mass is 425 g/mol. The van der Waals surface area contributed by atoms with Crippen LogP contribution < -0.4 is 27.0 Å². The first-order chi connectivity index (χ1) is 14.5. The van der Waals surface area contributed by atoms with Crippen LogP contribution in [0.1, 0.15) is 43.6 Å². The number of fused-ring (bicyclic) bond motifs is 1. The van der Waals surface area contributed by atoms with Gasteiger partial charge in [-0.25, -0.2) is 9.78 Å². The third-order valence-electron chi connectivity index (χ3n) is 5.02. The minimum absolute atomic E-state index is 0.0517. The summed E-state index contributed by atoms with van der Waals surface area (Å²) in [7, 11) is 2.91. The molecule has 0 atom stereocenters. The predicted molar refractivity (Wildman–Crippen MR) is 121 cm³/mol. The summed E-state index contributed by atoms with van der Waals surface area (Å²) in [6.45, 7) is 8.05. The second-order valence-electron chi connectivity index (χ2n) is 8.31. The Kier molecular flexibility index (Phi) is 5.62. The van der Waals surface area contributed by atoms with Crippen molar-refractivity contribution in [2.24, 2.45) is 14.1 Å². The predicted octanol–water partition coefficient (Wildman–Crippen LogP) is 2.16. The molecule has 0 aliphatic rings. The van der Waals surface area contributed by atoms with Crippen LogP contribution in [0.25, 0.3) is 11.0 Å². The summed E-state index contributed by atoms with van der Waals surface area (Å²) in [4.78, 5) is 42.9. The van der Waals surface area contributed by atoms with E-state index >= 15 is 0 Å². The fraction of sp³-hybridized carbons (Fsp3) is 0.364. The van der Waals surface area contributed by atoms with Gasteiger partial charge in [0.05, 0.1) is 17.6 Å². The first-order valence-electron chi connectivity index (χ1n) is 9.91. The van der Waals surface area contributed by atoms with Crippen LogP contribution in [0.4, 0.5) is 11.5 Å². The highest BCUT2D eigenvalue weighted by Gasteiger charge is 2.31. The molecule has 1 amide bonds. The van der Waals surface area contributed by atoms with E-state index in [2.05, 4.69) is 10.3 Å². The number of carbonyl (C=O) groups excluding carboxylic acids is 1. The maximum atomic E-state index is 13.3. The summed E-state index contributed by atoms with van der Waals surface area (Å²) in [5.74, 6) is 0.146. The van der Waals surface area contributed by atoms with Crippen molar-refractivity contribution in [3.8, 4) is 5.75 Å². The first kappa shape index (κ1) is 22.1. The number of anilines is 2. The molecule has 164 valence electrons. The number of benzene rings is 1. The molecule has 9 nitrogen and oxygen atoms in total. The minimum Gasteiger partial charge on any atom is -0.494 e. The van der Waals surface area contributed by atoms with Crippen molar-refractivity contribution in [2.45, 2.75) is 33.1 Å². The number of nitrogens with two attached hydrogens (primary N) is 1. The van der Waals surface area contributed by atoms with Crippen molar-refractivity contribution in [2.75, 3.05) is 17.7 Å². The van der Waals surface area contributed by atoms with Gasteiger partial charge in [-0.05, 0) is 42.2 Å². The fourth-order valence-corrected chi connectivity index (χ4v) is 3.58. The Morgan fingerprint density at radius 2 is 1.74 bits per heavy atom. The second-order valence-corrected chi connectivity index (χ2v) is 8.31. The summed E-state index contributed by atoms with van der Waals surface area (Å²) >= 11 is 0. The molecule has 9 heteroatoms. The van der Waals surface area contributed by atoms with E-state index in [1.807, 2.05) is 27.7 Å². The zero-order valence-corrected chi connectivity index (χ0v) is 18.6. The number of aromatic nitrogens is 3. The van der Waals surface area contributed by atoms with Gasteiger partial charge in [0, 0.05) is 19.8 Å². The average molecular weight is 425 g/mol. The van der Waals surface area contributed by atoms with E-state index in [-0.39, 0.29) is 22.4 Å². The van der Waals surface area contributed by atoms with Gasteiger partial charge in [-0.3, -0.25) is 18.7 Å². The lowest BCUT2D eigenvalue weighted by atomic mass is 9.82. The van der Waals surface area contributed by atoms with Crippen molar-refractivity contribution in [3.63, 3.8) is 0 Å². The standard InChI is InChI=1S/C22H27N5O4/c1-7-31-13-10-8-12(9-11-13)24-19(28)14-16(22(2,3)4)15-18(25-17(14)23)26(5)21(30)27(6)20(15)29/h8-11H,7H2,1-6H3,(H2,23,25)(H,24,28). The van der Waals surface area contributed by atoms with Crippen LogP contribution in [0, 0.1) is 0 Å². The highest BCUT2D eigenvalue weighted by atomic mass is 16.5. The molecule has 3 N–H and O–H groups in total. The Labute approximate surface area is 179 Å². The molecule has 0 bridgehead atoms. The van der Waals surface area contributed by atoms with E-state index < -0.39 is 22.6 Å². The summed E-state index contributed by atoms with van der Waals surface area (Å²) < 4.78 is 7.68. The second kappa shape index (κ2) is 7.90. The van der Waals surface area contributed by atoms with Gasteiger partial charge >= 0.3 is 5.69 Å². The summed E-state index contributed by atoms with van der Waals surface area (Å²) in [6.07, 6.45) is 0. The van der Waals surface area contributed by atoms with Gasteiger partial charge in [0.2, 0.25) is 0 Å². The van der Waals surface area contributed by atoms with E-state index in [0.717, 1.165) is 4.57 Å². The molecule has 0 unspecified atom stereocenters. The Morgan fingerprint density at radius 3 is 2.29 bits per heavy atom. The Hall–Kier alpha value is -3.62. The van der Waals surface area contributed by atoms with Gasteiger partial charge < -0.3 is 15.8 Å². The third-order valence-corrected chi connectivity index (χ3v) is 5.02. The number of amides is 1. The van der Waals surface area contributed by atoms with Gasteiger partial charge in [-0.2, -0.15) is 0 Å². The van der Waals surface area contributed by atoms with Crippen molar-refractivity contribution >= 4 is 28.4 Å². The van der Waals surface area contributed by atoms with Crippen molar-refractivity contribution in [1.82, 2.24) is 14.1 Å². The van der Waals surface area contributed by atoms with Crippen LogP contribution >= 0.6 is 0 Å². The third kappa shape index (κ3) is 3.90. The van der Waals surface area contributed by atoms with Crippen molar-refractivity contribution in [1.29, 1.82) is 0 Å². The molecule has 31 heavy (non-hydrogen) atoms. The van der Waals surface area contributed by atoms with E-state index in [1.54, 1.807) is 24.3 Å². The van der Waals surface area contributed by atoms with E-state index in [9.17, 15) is 14.4 Å². The topological polar surface area (TPSA) is 121 Å². The number of hydrogen-bond acceptors (Lipinski definition) is 6. The van der Waals surface area contributed by atoms with Crippen LogP contribution in [0.5, 0.6) is 5.75 Å². The van der Waals surface area contributed by atoms with Gasteiger partial charge in [-0.15, -0.1) is 0 Å². The Morgan fingerprint density at radius 1 is 1.13 bits per heavy atom. The smallest absolute Gasteiger partial charge is 0.332 e. The summed E-state index contributed by atoms with van der Waals surface area (Å²) in [5, 5.41) is 3.01. The lowest BCUT2D eigenvalue weighted by Gasteiger charge is -2.25. The Bertz CT molecular complexity index is 1280. The van der Waals surface area contributed by atoms with Crippen LogP contribution in [0.15, 0.2) is 33.9 Å². The number of hydrogen-bond donors (Lipinski definition) is 2. The molecule has 0 radical (unpaired) electrons. The lowest BCUT2D eigenvalue weighted by molar-refractivity contribution is 0.102. The molecule has 0 fully saturated rings. The van der Waals surface area contributed by atoms with E-state index in [4.69, 9.17) is 10.5 Å². The molecular weight excluding hydrogens is 398 g/mol. The largest absolute Gasteiger partial charge is 0.494 e. The number of ether oxygens (including phenoxy) is 1. The van der Waals surface area contributed by atoms with Crippen LogP contribution in [-0.2, 0) is 19.5 Å². The molecular formula is C22H27N5O4. The Balaban J connectivity index is 2.24. The van der Waals surface area contributed by atoms with Crippen LogP contribution in [-0.4, -0.2) is 26.6 Å². The number of nitrogen functional groups attached to an aromatic ring is 1. The minimum atomic E-state index is -0.635. The number of pyridine rings is 1. The number of carbonyl (C=O) groups is 1. The normalized spacial score (nSPS) is 11.5. The molecule has 0 saturated heterocycles. The highest BCUT2D eigenvalue weighted by molar-refractivity contribution is 6.11. The molecule has 0 saturated carbocycles. The van der Waals surface area contributed by atoms with Gasteiger partial charge in [0.15, 0.2) is 5.65 Å². The maximum absolute atomic E-state index is 13.3. The van der Waals surface area contributed by atoms with Gasteiger partial charge in [0.1, 0.15) is 11.6 Å². The molecule has 2 aromatic heterocycles. The lowest BCUT2D eigenvalue weighted by Crippen LogP contribution is -2.39.